The fraction of sp³-hybridized carbons (Fsp3) is 0.926. The van der Waals surface area contributed by atoms with E-state index in [4.69, 9.17) is 4.74 Å². The van der Waals surface area contributed by atoms with Crippen LogP contribution in [0.25, 0.3) is 0 Å². The number of carbonyl (C=O) groups excluding carboxylic acids is 2. The largest absolute Gasteiger partial charge is 0.466 e. The first-order valence-electron chi connectivity index (χ1n) is 27.0. The average Bonchev–Trinajstić information content (AvgIpc) is 3.25. The third-order valence-corrected chi connectivity index (χ3v) is 12.6. The highest BCUT2D eigenvalue weighted by Gasteiger charge is 2.18. The molecule has 0 radical (unpaired) electrons. The second-order valence-corrected chi connectivity index (χ2v) is 18.6. The number of esters is 1. The highest BCUT2D eigenvalue weighted by molar-refractivity contribution is 5.76. The lowest BCUT2D eigenvalue weighted by molar-refractivity contribution is -0.143. The molecule has 1 amide bonds. The summed E-state index contributed by atoms with van der Waals surface area (Å²) in [4.78, 5) is 24.4. The second kappa shape index (κ2) is 50.2. The van der Waals surface area contributed by atoms with Crippen LogP contribution in [0, 0.1) is 0 Å². The molecule has 0 aromatic rings. The van der Waals surface area contributed by atoms with Crippen LogP contribution in [-0.4, -0.2) is 47.4 Å². The standard InChI is InChI=1S/C54H105NO5/c1-3-5-7-9-11-13-14-15-21-25-28-32-36-40-44-48-54(59)60-49-45-41-37-33-29-26-23-20-18-16-17-19-22-24-27-31-35-39-43-47-53(58)55-51(50-56)52(57)46-42-38-34-30-12-10-8-6-4-2/h42,46,51-52,56-57H,3-41,43-45,47-50H2,1-2H3,(H,55,58)/b46-42+. The number of unbranched alkanes of at least 4 members (excludes halogenated alkanes) is 39. The Morgan fingerprint density at radius 3 is 1.13 bits per heavy atom. The number of aliphatic hydroxyl groups is 2. The van der Waals surface area contributed by atoms with Gasteiger partial charge in [0.25, 0.3) is 0 Å². The summed E-state index contributed by atoms with van der Waals surface area (Å²) in [6.45, 7) is 4.88. The van der Waals surface area contributed by atoms with Crippen LogP contribution in [0.15, 0.2) is 12.2 Å². The van der Waals surface area contributed by atoms with Gasteiger partial charge in [-0.15, -0.1) is 0 Å². The average molecular weight is 848 g/mol. The summed E-state index contributed by atoms with van der Waals surface area (Å²) in [5.74, 6) is -0.0617. The molecule has 0 aliphatic rings. The van der Waals surface area contributed by atoms with E-state index in [0.717, 1.165) is 38.5 Å². The van der Waals surface area contributed by atoms with Gasteiger partial charge in [-0.3, -0.25) is 9.59 Å². The molecule has 6 nitrogen and oxygen atoms in total. The molecule has 356 valence electrons. The van der Waals surface area contributed by atoms with E-state index in [1.54, 1.807) is 6.08 Å². The first-order chi connectivity index (χ1) is 29.5. The Morgan fingerprint density at radius 1 is 0.450 bits per heavy atom. The lowest BCUT2D eigenvalue weighted by Crippen LogP contribution is -2.45. The van der Waals surface area contributed by atoms with E-state index < -0.39 is 12.1 Å². The predicted octanol–water partition coefficient (Wildman–Crippen LogP) is 16.1. The minimum atomic E-state index is -0.843. The van der Waals surface area contributed by atoms with Crippen LogP contribution in [0.1, 0.15) is 296 Å². The molecule has 0 heterocycles. The molecule has 0 saturated heterocycles. The highest BCUT2D eigenvalue weighted by atomic mass is 16.5. The van der Waals surface area contributed by atoms with E-state index in [1.165, 1.54) is 231 Å². The van der Waals surface area contributed by atoms with Gasteiger partial charge in [0.2, 0.25) is 5.91 Å². The number of ether oxygens (including phenoxy) is 1. The van der Waals surface area contributed by atoms with Gasteiger partial charge in [-0.25, -0.2) is 0 Å². The Kier molecular flexibility index (Phi) is 49.1. The summed E-state index contributed by atoms with van der Waals surface area (Å²) < 4.78 is 5.48. The highest BCUT2D eigenvalue weighted by Crippen LogP contribution is 2.17. The Morgan fingerprint density at radius 2 is 0.767 bits per heavy atom. The molecule has 0 aliphatic heterocycles. The number of amides is 1. The van der Waals surface area contributed by atoms with Crippen molar-refractivity contribution in [2.24, 2.45) is 0 Å². The first-order valence-corrected chi connectivity index (χ1v) is 27.0. The molecule has 0 rings (SSSR count). The molecule has 0 spiro atoms. The van der Waals surface area contributed by atoms with Crippen molar-refractivity contribution in [2.75, 3.05) is 13.2 Å². The second-order valence-electron chi connectivity index (χ2n) is 18.6. The van der Waals surface area contributed by atoms with Crippen molar-refractivity contribution in [1.82, 2.24) is 5.32 Å². The van der Waals surface area contributed by atoms with Gasteiger partial charge in [0.05, 0.1) is 25.4 Å². The van der Waals surface area contributed by atoms with E-state index in [0.29, 0.717) is 19.4 Å². The fourth-order valence-corrected chi connectivity index (χ4v) is 8.40. The number of hydrogen-bond acceptors (Lipinski definition) is 5. The summed E-state index contributed by atoms with van der Waals surface area (Å²) in [5.41, 5.74) is 0. The van der Waals surface area contributed by atoms with Gasteiger partial charge in [0.15, 0.2) is 0 Å². The number of nitrogens with one attached hydrogen (secondary N) is 1. The molecule has 0 fully saturated rings. The minimum Gasteiger partial charge on any atom is -0.466 e. The van der Waals surface area contributed by atoms with Crippen LogP contribution in [-0.2, 0) is 14.3 Å². The quantitative estimate of drug-likeness (QED) is 0.0322. The number of allylic oxidation sites excluding steroid dienone is 1. The van der Waals surface area contributed by atoms with Crippen molar-refractivity contribution in [3.05, 3.63) is 12.2 Å². The number of hydrogen-bond donors (Lipinski definition) is 3. The van der Waals surface area contributed by atoms with Gasteiger partial charge in [0.1, 0.15) is 0 Å². The zero-order chi connectivity index (χ0) is 43.7. The summed E-state index contributed by atoms with van der Waals surface area (Å²) in [6, 6.07) is -0.626. The molecule has 2 unspecified atom stereocenters. The maximum absolute atomic E-state index is 12.4. The Labute approximate surface area is 374 Å². The summed E-state index contributed by atoms with van der Waals surface area (Å²) in [5, 5.41) is 22.9. The predicted molar refractivity (Wildman–Crippen MR) is 260 cm³/mol. The van der Waals surface area contributed by atoms with Crippen molar-refractivity contribution in [3.8, 4) is 0 Å². The van der Waals surface area contributed by atoms with Crippen LogP contribution in [0.2, 0.25) is 0 Å². The fourth-order valence-electron chi connectivity index (χ4n) is 8.40. The van der Waals surface area contributed by atoms with Gasteiger partial charge in [-0.1, -0.05) is 264 Å². The van der Waals surface area contributed by atoms with Crippen LogP contribution < -0.4 is 5.32 Å². The Balaban J connectivity index is 3.37. The van der Waals surface area contributed by atoms with Crippen LogP contribution in [0.3, 0.4) is 0 Å². The Bertz CT molecular complexity index is 893. The normalized spacial score (nSPS) is 12.7. The van der Waals surface area contributed by atoms with Gasteiger partial charge in [-0.05, 0) is 32.1 Å². The summed E-state index contributed by atoms with van der Waals surface area (Å²) in [7, 11) is 0. The van der Waals surface area contributed by atoms with E-state index in [9.17, 15) is 19.8 Å². The molecule has 2 atom stereocenters. The zero-order valence-corrected chi connectivity index (χ0v) is 40.5. The van der Waals surface area contributed by atoms with E-state index >= 15 is 0 Å². The molecule has 60 heavy (non-hydrogen) atoms. The maximum Gasteiger partial charge on any atom is 0.305 e. The molecule has 6 heteroatoms. The van der Waals surface area contributed by atoms with Crippen molar-refractivity contribution >= 4 is 11.9 Å². The van der Waals surface area contributed by atoms with E-state index in [2.05, 4.69) is 19.2 Å². The van der Waals surface area contributed by atoms with Crippen molar-refractivity contribution in [3.63, 3.8) is 0 Å². The molecule has 0 saturated carbocycles. The smallest absolute Gasteiger partial charge is 0.305 e. The van der Waals surface area contributed by atoms with Gasteiger partial charge >= 0.3 is 5.97 Å². The first kappa shape index (κ1) is 58.6. The van der Waals surface area contributed by atoms with Gasteiger partial charge in [-0.2, -0.15) is 0 Å². The monoisotopic (exact) mass is 848 g/mol. The molecule has 0 aromatic heterocycles. The van der Waals surface area contributed by atoms with Crippen LogP contribution in [0.5, 0.6) is 0 Å². The molecular weight excluding hydrogens is 743 g/mol. The van der Waals surface area contributed by atoms with Crippen molar-refractivity contribution in [2.45, 2.75) is 309 Å². The molecule has 0 aliphatic carbocycles. The van der Waals surface area contributed by atoms with E-state index in [-0.39, 0.29) is 18.5 Å². The minimum absolute atomic E-state index is 0.0111. The third kappa shape index (κ3) is 46.1. The van der Waals surface area contributed by atoms with Crippen LogP contribution in [0.4, 0.5) is 0 Å². The maximum atomic E-state index is 12.4. The van der Waals surface area contributed by atoms with Crippen molar-refractivity contribution in [1.29, 1.82) is 0 Å². The number of carbonyl (C=O) groups is 2. The summed E-state index contributed by atoms with van der Waals surface area (Å²) in [6.07, 6.45) is 58.0. The molecule has 3 N–H and O–H groups in total. The number of rotatable bonds is 50. The molecular formula is C54H105NO5. The van der Waals surface area contributed by atoms with Gasteiger partial charge in [0, 0.05) is 12.8 Å². The van der Waals surface area contributed by atoms with Gasteiger partial charge < -0.3 is 20.3 Å². The van der Waals surface area contributed by atoms with E-state index in [1.807, 2.05) is 6.08 Å². The lowest BCUT2D eigenvalue weighted by atomic mass is 10.0. The zero-order valence-electron chi connectivity index (χ0n) is 40.5. The lowest BCUT2D eigenvalue weighted by Gasteiger charge is -2.20. The topological polar surface area (TPSA) is 95.9 Å². The molecule has 0 bridgehead atoms. The van der Waals surface area contributed by atoms with Crippen LogP contribution >= 0.6 is 0 Å². The summed E-state index contributed by atoms with van der Waals surface area (Å²) >= 11 is 0. The molecule has 0 aromatic carbocycles. The third-order valence-electron chi connectivity index (χ3n) is 12.6. The van der Waals surface area contributed by atoms with Crippen molar-refractivity contribution < 1.29 is 24.5 Å². The number of aliphatic hydroxyl groups excluding tert-OH is 2. The Hall–Kier alpha value is -1.40. The SMILES string of the molecule is CCCCCCCCC/C=C/C(O)C(CO)NC(=O)CCCCCCCCCCCCCCCCCCCCCOC(=O)CCCCCCCCCCCCCCCCC.